The fourth-order valence-corrected chi connectivity index (χ4v) is 1.62. The number of ether oxygens (including phenoxy) is 1. The van der Waals surface area contributed by atoms with Crippen LogP contribution in [0, 0.1) is 0 Å². The van der Waals surface area contributed by atoms with E-state index >= 15 is 0 Å². The van der Waals surface area contributed by atoms with Crippen LogP contribution >= 0.6 is 0 Å². The molecule has 1 aromatic heterocycles. The molecule has 2 aromatic rings. The Kier molecular flexibility index (Phi) is 3.61. The van der Waals surface area contributed by atoms with Crippen molar-refractivity contribution in [1.29, 1.82) is 0 Å². The zero-order valence-electron chi connectivity index (χ0n) is 10.1. The van der Waals surface area contributed by atoms with Crippen molar-refractivity contribution in [3.8, 4) is 11.3 Å². The minimum absolute atomic E-state index is 0.136. The minimum Gasteiger partial charge on any atom is -0.475 e. The van der Waals surface area contributed by atoms with Gasteiger partial charge in [-0.15, -0.1) is 0 Å². The molecule has 1 aromatic carbocycles. The SMILES string of the molecule is CCOC(=O)c1c(-c2ccccc2)noc1C(=O)O. The van der Waals surface area contributed by atoms with Gasteiger partial charge in [-0.3, -0.25) is 0 Å². The zero-order chi connectivity index (χ0) is 13.8. The lowest BCUT2D eigenvalue weighted by molar-refractivity contribution is 0.0507. The van der Waals surface area contributed by atoms with Crippen LogP contribution in [0.5, 0.6) is 0 Å². The Morgan fingerprint density at radius 2 is 2.00 bits per heavy atom. The van der Waals surface area contributed by atoms with Crippen LogP contribution in [0.2, 0.25) is 0 Å². The number of hydrogen-bond donors (Lipinski definition) is 1. The van der Waals surface area contributed by atoms with E-state index in [9.17, 15) is 9.59 Å². The average Bonchev–Trinajstić information content (AvgIpc) is 2.85. The van der Waals surface area contributed by atoms with Gasteiger partial charge in [0.25, 0.3) is 5.76 Å². The number of carboxylic acid groups (broad SMARTS) is 1. The third kappa shape index (κ3) is 2.47. The molecule has 0 radical (unpaired) electrons. The molecule has 98 valence electrons. The predicted octanol–water partition coefficient (Wildman–Crippen LogP) is 2.22. The molecule has 1 N–H and O–H groups in total. The summed E-state index contributed by atoms with van der Waals surface area (Å²) in [7, 11) is 0. The fraction of sp³-hybridized carbons (Fsp3) is 0.154. The first-order chi connectivity index (χ1) is 9.15. The summed E-state index contributed by atoms with van der Waals surface area (Å²) in [6.45, 7) is 1.77. The van der Waals surface area contributed by atoms with E-state index in [0.717, 1.165) is 0 Å². The maximum absolute atomic E-state index is 11.8. The first-order valence-corrected chi connectivity index (χ1v) is 5.60. The molecule has 0 fully saturated rings. The molecule has 0 aliphatic rings. The number of rotatable bonds is 4. The molecule has 0 saturated heterocycles. The largest absolute Gasteiger partial charge is 0.475 e. The van der Waals surface area contributed by atoms with Crippen LogP contribution in [0.15, 0.2) is 34.9 Å². The fourth-order valence-electron chi connectivity index (χ4n) is 1.62. The van der Waals surface area contributed by atoms with E-state index in [4.69, 9.17) is 14.4 Å². The number of esters is 1. The lowest BCUT2D eigenvalue weighted by Crippen LogP contribution is -2.10. The van der Waals surface area contributed by atoms with E-state index in [1.54, 1.807) is 37.3 Å². The number of carbonyl (C=O) groups is 2. The molecule has 0 bridgehead atoms. The van der Waals surface area contributed by atoms with Gasteiger partial charge in [0.15, 0.2) is 0 Å². The Bertz CT molecular complexity index is 603. The van der Waals surface area contributed by atoms with Gasteiger partial charge in [-0.05, 0) is 6.92 Å². The number of carbonyl (C=O) groups excluding carboxylic acids is 1. The minimum atomic E-state index is -1.36. The van der Waals surface area contributed by atoms with Crippen molar-refractivity contribution in [3.63, 3.8) is 0 Å². The van der Waals surface area contributed by atoms with Crippen LogP contribution in [0.3, 0.4) is 0 Å². The van der Waals surface area contributed by atoms with Crippen LogP contribution < -0.4 is 0 Å². The summed E-state index contributed by atoms with van der Waals surface area (Å²) in [5.41, 5.74) is 0.582. The Hall–Kier alpha value is -2.63. The molecule has 6 nitrogen and oxygen atoms in total. The second-order valence-electron chi connectivity index (χ2n) is 3.63. The number of aromatic carboxylic acids is 1. The third-order valence-corrected chi connectivity index (χ3v) is 2.41. The molecule has 1 heterocycles. The highest BCUT2D eigenvalue weighted by Crippen LogP contribution is 2.26. The highest BCUT2D eigenvalue weighted by atomic mass is 16.5. The summed E-state index contributed by atoms with van der Waals surface area (Å²) in [6, 6.07) is 8.70. The lowest BCUT2D eigenvalue weighted by Gasteiger charge is -2.02. The van der Waals surface area contributed by atoms with E-state index in [1.165, 1.54) is 0 Å². The molecule has 2 rings (SSSR count). The molecule has 0 unspecified atom stereocenters. The van der Waals surface area contributed by atoms with Gasteiger partial charge in [-0.25, -0.2) is 9.59 Å². The summed E-state index contributed by atoms with van der Waals surface area (Å²) in [5.74, 6) is -2.64. The molecule has 0 amide bonds. The lowest BCUT2D eigenvalue weighted by atomic mass is 10.1. The molecule has 19 heavy (non-hydrogen) atoms. The quantitative estimate of drug-likeness (QED) is 0.848. The summed E-state index contributed by atoms with van der Waals surface area (Å²) < 4.78 is 9.57. The van der Waals surface area contributed by atoms with Crippen LogP contribution in [0.25, 0.3) is 11.3 Å². The van der Waals surface area contributed by atoms with Crippen LogP contribution in [-0.2, 0) is 4.74 Å². The highest BCUT2D eigenvalue weighted by Gasteiger charge is 2.29. The zero-order valence-corrected chi connectivity index (χ0v) is 10.1. The van der Waals surface area contributed by atoms with Crippen molar-refractivity contribution >= 4 is 11.9 Å². The van der Waals surface area contributed by atoms with E-state index in [2.05, 4.69) is 5.16 Å². The van der Waals surface area contributed by atoms with Crippen molar-refractivity contribution in [3.05, 3.63) is 41.7 Å². The second-order valence-corrected chi connectivity index (χ2v) is 3.63. The number of carboxylic acids is 1. The van der Waals surface area contributed by atoms with Gasteiger partial charge in [0.1, 0.15) is 11.3 Å². The summed E-state index contributed by atoms with van der Waals surface area (Å²) in [6.07, 6.45) is 0. The molecule has 0 aliphatic carbocycles. The number of nitrogens with zero attached hydrogens (tertiary/aromatic N) is 1. The normalized spacial score (nSPS) is 10.2. The highest BCUT2D eigenvalue weighted by molar-refractivity contribution is 6.04. The van der Waals surface area contributed by atoms with Gasteiger partial charge in [0.05, 0.1) is 6.61 Å². The molecular formula is C13H11NO5. The second kappa shape index (κ2) is 5.34. The predicted molar refractivity (Wildman–Crippen MR) is 64.9 cm³/mol. The Morgan fingerprint density at radius 3 is 2.58 bits per heavy atom. The maximum atomic E-state index is 11.8. The average molecular weight is 261 g/mol. The van der Waals surface area contributed by atoms with Crippen molar-refractivity contribution in [2.24, 2.45) is 0 Å². The first kappa shape index (κ1) is 12.8. The van der Waals surface area contributed by atoms with E-state index < -0.39 is 17.7 Å². The van der Waals surface area contributed by atoms with E-state index in [-0.39, 0.29) is 17.9 Å². The summed E-state index contributed by atoms with van der Waals surface area (Å²) >= 11 is 0. The van der Waals surface area contributed by atoms with Gasteiger partial charge in [-0.2, -0.15) is 0 Å². The molecule has 0 saturated carbocycles. The molecule has 0 atom stereocenters. The first-order valence-electron chi connectivity index (χ1n) is 5.60. The van der Waals surface area contributed by atoms with Gasteiger partial charge < -0.3 is 14.4 Å². The van der Waals surface area contributed by atoms with Crippen LogP contribution in [0.4, 0.5) is 0 Å². The number of benzene rings is 1. The smallest absolute Gasteiger partial charge is 0.375 e. The van der Waals surface area contributed by atoms with Gasteiger partial charge in [0.2, 0.25) is 0 Å². The van der Waals surface area contributed by atoms with Crippen molar-refractivity contribution < 1.29 is 24.0 Å². The molecule has 0 spiro atoms. The van der Waals surface area contributed by atoms with Crippen molar-refractivity contribution in [1.82, 2.24) is 5.16 Å². The monoisotopic (exact) mass is 261 g/mol. The van der Waals surface area contributed by atoms with Gasteiger partial charge in [-0.1, -0.05) is 35.5 Å². The molecular weight excluding hydrogens is 250 g/mol. The van der Waals surface area contributed by atoms with E-state index in [1.807, 2.05) is 0 Å². The molecule has 6 heteroatoms. The Morgan fingerprint density at radius 1 is 1.32 bits per heavy atom. The van der Waals surface area contributed by atoms with Crippen molar-refractivity contribution in [2.75, 3.05) is 6.61 Å². The van der Waals surface area contributed by atoms with Crippen molar-refractivity contribution in [2.45, 2.75) is 6.92 Å². The Labute approximate surface area is 108 Å². The standard InChI is InChI=1S/C13H11NO5/c1-2-18-13(17)9-10(8-6-4-3-5-7-8)14-19-11(9)12(15)16/h3-7H,2H2,1H3,(H,15,16). The third-order valence-electron chi connectivity index (χ3n) is 2.41. The van der Waals surface area contributed by atoms with Gasteiger partial charge >= 0.3 is 11.9 Å². The van der Waals surface area contributed by atoms with E-state index in [0.29, 0.717) is 5.56 Å². The summed E-state index contributed by atoms with van der Waals surface area (Å²) in [5, 5.41) is 12.7. The topological polar surface area (TPSA) is 89.6 Å². The maximum Gasteiger partial charge on any atom is 0.375 e. The van der Waals surface area contributed by atoms with Gasteiger partial charge in [0, 0.05) is 5.56 Å². The number of hydrogen-bond acceptors (Lipinski definition) is 5. The number of aromatic nitrogens is 1. The van der Waals surface area contributed by atoms with Crippen LogP contribution in [0.1, 0.15) is 27.8 Å². The summed E-state index contributed by atoms with van der Waals surface area (Å²) in [4.78, 5) is 22.9. The Balaban J connectivity index is 2.56. The molecule has 0 aliphatic heterocycles. The van der Waals surface area contributed by atoms with Crippen LogP contribution in [-0.4, -0.2) is 28.8 Å².